The van der Waals surface area contributed by atoms with Gasteiger partial charge in [-0.15, -0.1) is 0 Å². The van der Waals surface area contributed by atoms with Crippen LogP contribution in [0.5, 0.6) is 0 Å². The monoisotopic (exact) mass is 209 g/mol. The van der Waals surface area contributed by atoms with Gasteiger partial charge in [-0.2, -0.15) is 0 Å². The maximum atomic E-state index is 5.77. The zero-order valence-corrected chi connectivity index (χ0v) is 9.86. The molecule has 14 heavy (non-hydrogen) atoms. The second-order valence-electron chi connectivity index (χ2n) is 3.62. The maximum Gasteiger partial charge on any atom is 0.0554 e. The fourth-order valence-corrected chi connectivity index (χ4v) is 1.64. The van der Waals surface area contributed by atoms with Crippen LogP contribution < -0.4 is 0 Å². The molecule has 1 saturated carbocycles. The standard InChI is InChI=1S/C11H18.CHNS/c1-3-4-5-6-11-8-7-10(2)9-11;2-1-3/h3-4,6,10H,5,7-9H2,1-2H3;2H. The van der Waals surface area contributed by atoms with Crippen LogP contribution in [0.25, 0.3) is 0 Å². The number of rotatable bonds is 2. The molecule has 78 valence electrons. The third kappa shape index (κ3) is 6.76. The van der Waals surface area contributed by atoms with Crippen LogP contribution in [-0.4, -0.2) is 5.16 Å². The predicted molar refractivity (Wildman–Crippen MR) is 65.8 cm³/mol. The van der Waals surface area contributed by atoms with Crippen LogP contribution >= 0.6 is 12.2 Å². The Morgan fingerprint density at radius 1 is 1.64 bits per heavy atom. The Kier molecular flexibility index (Phi) is 8.40. The van der Waals surface area contributed by atoms with Gasteiger partial charge < -0.3 is 0 Å². The molecule has 0 aromatic rings. The summed E-state index contributed by atoms with van der Waals surface area (Å²) in [5.41, 5.74) is 1.68. The third-order valence-corrected chi connectivity index (χ3v) is 2.35. The quantitative estimate of drug-likeness (QED) is 0.407. The lowest BCUT2D eigenvalue weighted by Gasteiger charge is -1.94. The fraction of sp³-hybridized carbons (Fsp3) is 0.583. The molecule has 1 nitrogen and oxygen atoms in total. The minimum atomic E-state index is 0.937. The molecule has 1 aliphatic carbocycles. The number of hydrogen-bond donors (Lipinski definition) is 1. The van der Waals surface area contributed by atoms with Gasteiger partial charge in [0.2, 0.25) is 0 Å². The number of isothiocyanates is 1. The van der Waals surface area contributed by atoms with Gasteiger partial charge >= 0.3 is 0 Å². The van der Waals surface area contributed by atoms with Crippen LogP contribution in [0, 0.1) is 11.3 Å². The summed E-state index contributed by atoms with van der Waals surface area (Å²) in [6.45, 7) is 4.42. The topological polar surface area (TPSA) is 23.9 Å². The summed E-state index contributed by atoms with van der Waals surface area (Å²) >= 11 is 3.81. The first-order chi connectivity index (χ1) is 6.74. The Bertz CT molecular complexity index is 235. The highest BCUT2D eigenvalue weighted by Crippen LogP contribution is 2.29. The molecule has 1 atom stereocenters. The van der Waals surface area contributed by atoms with E-state index in [9.17, 15) is 0 Å². The first-order valence-electron chi connectivity index (χ1n) is 5.07. The van der Waals surface area contributed by atoms with Gasteiger partial charge in [0.05, 0.1) is 5.16 Å². The summed E-state index contributed by atoms with van der Waals surface area (Å²) in [4.78, 5) is 0. The van der Waals surface area contributed by atoms with Crippen LogP contribution in [0.1, 0.15) is 39.5 Å². The van der Waals surface area contributed by atoms with Crippen molar-refractivity contribution in [2.75, 3.05) is 0 Å². The van der Waals surface area contributed by atoms with E-state index in [2.05, 4.69) is 44.3 Å². The smallest absolute Gasteiger partial charge is 0.0554 e. The van der Waals surface area contributed by atoms with Crippen molar-refractivity contribution in [3.8, 4) is 0 Å². The molecule has 0 spiro atoms. The van der Waals surface area contributed by atoms with Crippen LogP contribution in [0.3, 0.4) is 0 Å². The van der Waals surface area contributed by atoms with Crippen LogP contribution in [-0.2, 0) is 0 Å². The molecule has 1 unspecified atom stereocenters. The summed E-state index contributed by atoms with van der Waals surface area (Å²) in [5, 5.41) is 7.36. The second-order valence-corrected chi connectivity index (χ2v) is 3.82. The minimum absolute atomic E-state index is 0.937. The highest BCUT2D eigenvalue weighted by molar-refractivity contribution is 7.78. The van der Waals surface area contributed by atoms with E-state index in [-0.39, 0.29) is 0 Å². The van der Waals surface area contributed by atoms with Crippen molar-refractivity contribution in [3.63, 3.8) is 0 Å². The number of allylic oxidation sites excluding steroid dienone is 4. The fourth-order valence-electron chi connectivity index (χ4n) is 1.64. The molecule has 0 heterocycles. The zero-order chi connectivity index (χ0) is 10.8. The average Bonchev–Trinajstić information content (AvgIpc) is 2.53. The van der Waals surface area contributed by atoms with Gasteiger partial charge in [-0.1, -0.05) is 30.7 Å². The third-order valence-electron chi connectivity index (χ3n) is 2.35. The molecular weight excluding hydrogens is 190 g/mol. The van der Waals surface area contributed by atoms with Crippen LogP contribution in [0.15, 0.2) is 23.8 Å². The van der Waals surface area contributed by atoms with E-state index >= 15 is 0 Å². The van der Waals surface area contributed by atoms with Crippen molar-refractivity contribution in [1.82, 2.24) is 0 Å². The number of thiocarbonyl (C=S) groups is 1. The highest BCUT2D eigenvalue weighted by atomic mass is 32.1. The molecule has 0 saturated heterocycles. The van der Waals surface area contributed by atoms with E-state index < -0.39 is 0 Å². The summed E-state index contributed by atoms with van der Waals surface area (Å²) in [5.74, 6) is 0.937. The maximum absolute atomic E-state index is 5.77. The molecule has 2 heteroatoms. The number of nitrogens with one attached hydrogen (secondary N) is 1. The Hall–Kier alpha value is -0.720. The van der Waals surface area contributed by atoms with Crippen molar-refractivity contribution < 1.29 is 0 Å². The Morgan fingerprint density at radius 3 is 2.71 bits per heavy atom. The summed E-state index contributed by atoms with van der Waals surface area (Å²) in [6.07, 6.45) is 12.0. The lowest BCUT2D eigenvalue weighted by Crippen LogP contribution is -1.80. The number of hydrogen-bond acceptors (Lipinski definition) is 2. The largest absolute Gasteiger partial charge is 0.248 e. The van der Waals surface area contributed by atoms with Crippen molar-refractivity contribution in [1.29, 1.82) is 5.41 Å². The lowest BCUT2D eigenvalue weighted by atomic mass is 10.1. The molecule has 1 N–H and O–H groups in total. The molecule has 0 radical (unpaired) electrons. The molecule has 1 aliphatic rings. The second kappa shape index (κ2) is 8.86. The summed E-state index contributed by atoms with van der Waals surface area (Å²) in [7, 11) is 0. The van der Waals surface area contributed by atoms with E-state index in [0.29, 0.717) is 0 Å². The molecule has 0 aliphatic heterocycles. The van der Waals surface area contributed by atoms with E-state index in [1.165, 1.54) is 19.3 Å². The lowest BCUT2D eigenvalue weighted by molar-refractivity contribution is 0.620. The normalized spacial score (nSPS) is 23.3. The molecular formula is C12H19NS. The first-order valence-corrected chi connectivity index (χ1v) is 5.48. The SMILES string of the molecule is CC=CCC=C1CCC(C)C1.N=C=S. The Labute approximate surface area is 92.4 Å². The van der Waals surface area contributed by atoms with Gasteiger partial charge in [0, 0.05) is 0 Å². The van der Waals surface area contributed by atoms with Gasteiger partial charge in [0.25, 0.3) is 0 Å². The van der Waals surface area contributed by atoms with Crippen molar-refractivity contribution in [3.05, 3.63) is 23.8 Å². The molecule has 1 rings (SSSR count). The van der Waals surface area contributed by atoms with E-state index in [0.717, 1.165) is 12.3 Å². The molecule has 0 bridgehead atoms. The van der Waals surface area contributed by atoms with Crippen molar-refractivity contribution in [2.45, 2.75) is 39.5 Å². The van der Waals surface area contributed by atoms with E-state index in [1.807, 2.05) is 0 Å². The Morgan fingerprint density at radius 2 is 2.29 bits per heavy atom. The summed E-state index contributed by atoms with van der Waals surface area (Å²) in [6, 6.07) is 0. The Balaban J connectivity index is 0.000000500. The zero-order valence-electron chi connectivity index (χ0n) is 9.05. The molecule has 0 aromatic heterocycles. The van der Waals surface area contributed by atoms with Gasteiger partial charge in [-0.25, -0.2) is 5.41 Å². The van der Waals surface area contributed by atoms with E-state index in [4.69, 9.17) is 5.41 Å². The average molecular weight is 209 g/mol. The van der Waals surface area contributed by atoms with Crippen LogP contribution in [0.4, 0.5) is 0 Å². The van der Waals surface area contributed by atoms with Crippen molar-refractivity contribution >= 4 is 17.4 Å². The predicted octanol–water partition coefficient (Wildman–Crippen LogP) is 4.37. The first kappa shape index (κ1) is 13.3. The van der Waals surface area contributed by atoms with Gasteiger partial charge in [-0.3, -0.25) is 0 Å². The molecule has 1 fully saturated rings. The van der Waals surface area contributed by atoms with Gasteiger partial charge in [0.15, 0.2) is 0 Å². The van der Waals surface area contributed by atoms with Gasteiger partial charge in [-0.05, 0) is 50.7 Å². The van der Waals surface area contributed by atoms with Gasteiger partial charge in [0.1, 0.15) is 0 Å². The van der Waals surface area contributed by atoms with Crippen LogP contribution in [0.2, 0.25) is 0 Å². The minimum Gasteiger partial charge on any atom is -0.248 e. The molecule has 0 amide bonds. The van der Waals surface area contributed by atoms with E-state index in [1.54, 1.807) is 10.7 Å². The molecule has 0 aromatic carbocycles. The summed E-state index contributed by atoms with van der Waals surface area (Å²) < 4.78 is 0. The highest BCUT2D eigenvalue weighted by Gasteiger charge is 2.13. The van der Waals surface area contributed by atoms with Crippen molar-refractivity contribution in [2.24, 2.45) is 5.92 Å².